The van der Waals surface area contributed by atoms with E-state index in [-0.39, 0.29) is 10.8 Å². The summed E-state index contributed by atoms with van der Waals surface area (Å²) in [4.78, 5) is 26.4. The third kappa shape index (κ3) is 5.35. The van der Waals surface area contributed by atoms with E-state index >= 15 is 0 Å². The molecule has 1 unspecified atom stereocenters. The molecule has 0 saturated carbocycles. The van der Waals surface area contributed by atoms with E-state index in [1.165, 1.54) is 22.9 Å². The molecule has 8 nitrogen and oxygen atoms in total. The Balaban J connectivity index is 1.28. The van der Waals surface area contributed by atoms with Gasteiger partial charge in [0.05, 0.1) is 10.3 Å². The summed E-state index contributed by atoms with van der Waals surface area (Å²) < 4.78 is 28.4. The van der Waals surface area contributed by atoms with Crippen LogP contribution in [0.2, 0.25) is 0 Å². The van der Waals surface area contributed by atoms with E-state index in [1.807, 2.05) is 18.2 Å². The summed E-state index contributed by atoms with van der Waals surface area (Å²) in [6, 6.07) is 16.6. The highest BCUT2D eigenvalue weighted by Crippen LogP contribution is 2.41. The number of aromatic nitrogens is 2. The number of anilines is 2. The standard InChI is InChI=1S/C30H33N5O3S2/c1-20-8-13-25-26(18-20)39-30-28(25)29(32-27(33-30)19-22-6-4-3-5-7-22)34-14-16-35(17-15-34)40(37,38)24-11-9-23(10-12-24)31-21(2)36/h3-7,9-12,20H,8,13-19H2,1-2H3,(H,31,36). The molecular weight excluding hydrogens is 542 g/mol. The first-order valence-corrected chi connectivity index (χ1v) is 16.0. The molecule has 1 fully saturated rings. The smallest absolute Gasteiger partial charge is 0.243 e. The Morgan fingerprint density at radius 3 is 2.45 bits per heavy atom. The van der Waals surface area contributed by atoms with Gasteiger partial charge in [-0.1, -0.05) is 37.3 Å². The normalized spacial score (nSPS) is 18.1. The molecule has 2 aliphatic rings. The quantitative estimate of drug-likeness (QED) is 0.352. The van der Waals surface area contributed by atoms with Gasteiger partial charge in [0.1, 0.15) is 16.5 Å². The van der Waals surface area contributed by atoms with Crippen LogP contribution in [0.1, 0.15) is 42.1 Å². The lowest BCUT2D eigenvalue weighted by molar-refractivity contribution is -0.114. The van der Waals surface area contributed by atoms with Crippen LogP contribution in [0.4, 0.5) is 11.5 Å². The van der Waals surface area contributed by atoms with Gasteiger partial charge in [-0.25, -0.2) is 18.4 Å². The van der Waals surface area contributed by atoms with Gasteiger partial charge in [0, 0.05) is 50.1 Å². The molecule has 10 heteroatoms. The van der Waals surface area contributed by atoms with Gasteiger partial charge in [-0.2, -0.15) is 4.31 Å². The van der Waals surface area contributed by atoms with Gasteiger partial charge in [0.25, 0.3) is 0 Å². The van der Waals surface area contributed by atoms with Crippen LogP contribution < -0.4 is 10.2 Å². The minimum atomic E-state index is -3.65. The third-order valence-electron chi connectivity index (χ3n) is 7.74. The van der Waals surface area contributed by atoms with E-state index in [0.717, 1.165) is 41.1 Å². The number of aryl methyl sites for hydroxylation is 1. The fourth-order valence-electron chi connectivity index (χ4n) is 5.66. The second-order valence-electron chi connectivity index (χ2n) is 10.8. The first kappa shape index (κ1) is 26.9. The molecule has 3 heterocycles. The van der Waals surface area contributed by atoms with Crippen LogP contribution in [0.5, 0.6) is 0 Å². The Morgan fingerprint density at radius 2 is 1.75 bits per heavy atom. The lowest BCUT2D eigenvalue weighted by Gasteiger charge is -2.35. The van der Waals surface area contributed by atoms with Crippen LogP contribution in [0.15, 0.2) is 59.5 Å². The molecule has 0 spiro atoms. The number of thiophene rings is 1. The van der Waals surface area contributed by atoms with E-state index in [1.54, 1.807) is 39.9 Å². The summed E-state index contributed by atoms with van der Waals surface area (Å²) >= 11 is 1.80. The lowest BCUT2D eigenvalue weighted by Crippen LogP contribution is -2.49. The number of benzene rings is 2. The number of carbonyl (C=O) groups is 1. The predicted molar refractivity (Wildman–Crippen MR) is 160 cm³/mol. The lowest BCUT2D eigenvalue weighted by atomic mass is 9.89. The molecule has 6 rings (SSSR count). The summed E-state index contributed by atoms with van der Waals surface area (Å²) in [5.41, 5.74) is 3.13. The Morgan fingerprint density at radius 1 is 1.02 bits per heavy atom. The number of amides is 1. The fraction of sp³-hybridized carbons (Fsp3) is 0.367. The van der Waals surface area contributed by atoms with Gasteiger partial charge in [-0.15, -0.1) is 11.3 Å². The molecule has 0 radical (unpaired) electrons. The molecule has 1 saturated heterocycles. The molecule has 2 aromatic carbocycles. The molecule has 40 heavy (non-hydrogen) atoms. The number of piperazine rings is 1. The van der Waals surface area contributed by atoms with Crippen molar-refractivity contribution in [2.75, 3.05) is 36.4 Å². The van der Waals surface area contributed by atoms with Crippen molar-refractivity contribution in [3.63, 3.8) is 0 Å². The largest absolute Gasteiger partial charge is 0.353 e. The summed E-state index contributed by atoms with van der Waals surface area (Å²) in [6.45, 7) is 5.60. The van der Waals surface area contributed by atoms with Crippen molar-refractivity contribution in [1.29, 1.82) is 0 Å². The number of fused-ring (bicyclic) bond motifs is 3. The maximum atomic E-state index is 13.4. The molecule has 1 atom stereocenters. The molecule has 1 amide bonds. The Hall–Kier alpha value is -3.34. The van der Waals surface area contributed by atoms with Gasteiger partial charge in [0.15, 0.2) is 0 Å². The van der Waals surface area contributed by atoms with E-state index < -0.39 is 10.0 Å². The first-order valence-electron chi connectivity index (χ1n) is 13.8. The number of nitrogens with one attached hydrogen (secondary N) is 1. The number of sulfonamides is 1. The van der Waals surface area contributed by atoms with Gasteiger partial charge >= 0.3 is 0 Å². The predicted octanol–water partition coefficient (Wildman–Crippen LogP) is 4.88. The van der Waals surface area contributed by atoms with Crippen molar-refractivity contribution < 1.29 is 13.2 Å². The Kier molecular flexibility index (Phi) is 7.33. The van der Waals surface area contributed by atoms with Crippen molar-refractivity contribution >= 4 is 49.0 Å². The SMILES string of the molecule is CC(=O)Nc1ccc(S(=O)(=O)N2CCN(c3nc(Cc4ccccc4)nc4sc5c(c34)CCC(C)C5)CC2)cc1. The molecule has 1 aliphatic carbocycles. The molecule has 2 aromatic heterocycles. The molecule has 1 N–H and O–H groups in total. The first-order chi connectivity index (χ1) is 19.3. The summed E-state index contributed by atoms with van der Waals surface area (Å²) in [7, 11) is -3.65. The van der Waals surface area contributed by atoms with Crippen LogP contribution in [0, 0.1) is 5.92 Å². The maximum Gasteiger partial charge on any atom is 0.243 e. The second kappa shape index (κ2) is 10.9. The maximum absolute atomic E-state index is 13.4. The minimum absolute atomic E-state index is 0.195. The van der Waals surface area contributed by atoms with Gasteiger partial charge in [-0.05, 0) is 60.6 Å². The van der Waals surface area contributed by atoms with E-state index in [2.05, 4.69) is 29.3 Å². The zero-order chi connectivity index (χ0) is 27.9. The summed E-state index contributed by atoms with van der Waals surface area (Å²) in [5.74, 6) is 2.22. The fourth-order valence-corrected chi connectivity index (χ4v) is 8.47. The van der Waals surface area contributed by atoms with Crippen molar-refractivity contribution in [3.8, 4) is 0 Å². The Bertz CT molecular complexity index is 1640. The van der Waals surface area contributed by atoms with Crippen LogP contribution >= 0.6 is 11.3 Å². The monoisotopic (exact) mass is 575 g/mol. The Labute approximate surface area is 239 Å². The minimum Gasteiger partial charge on any atom is -0.353 e. The molecule has 4 aromatic rings. The van der Waals surface area contributed by atoms with Gasteiger partial charge < -0.3 is 10.2 Å². The summed E-state index contributed by atoms with van der Waals surface area (Å²) in [6.07, 6.45) is 3.94. The van der Waals surface area contributed by atoms with E-state index in [9.17, 15) is 13.2 Å². The zero-order valence-corrected chi connectivity index (χ0v) is 24.4. The van der Waals surface area contributed by atoms with Crippen molar-refractivity contribution in [3.05, 3.63) is 76.4 Å². The topological polar surface area (TPSA) is 95.5 Å². The van der Waals surface area contributed by atoms with Gasteiger partial charge in [-0.3, -0.25) is 4.79 Å². The van der Waals surface area contributed by atoms with Crippen LogP contribution in [-0.4, -0.2) is 54.8 Å². The average Bonchev–Trinajstić information content (AvgIpc) is 3.30. The molecule has 1 aliphatic heterocycles. The summed E-state index contributed by atoms with van der Waals surface area (Å²) in [5, 5.41) is 3.84. The van der Waals surface area contributed by atoms with Crippen LogP contribution in [0.25, 0.3) is 10.2 Å². The number of nitrogens with zero attached hydrogens (tertiary/aromatic N) is 4. The second-order valence-corrected chi connectivity index (χ2v) is 13.8. The highest BCUT2D eigenvalue weighted by Gasteiger charge is 2.31. The molecular formula is C30H33N5O3S2. The third-order valence-corrected chi connectivity index (χ3v) is 10.8. The van der Waals surface area contributed by atoms with E-state index in [4.69, 9.17) is 9.97 Å². The van der Waals surface area contributed by atoms with Crippen LogP contribution in [0.3, 0.4) is 0 Å². The number of hydrogen-bond acceptors (Lipinski definition) is 7. The number of rotatable bonds is 6. The molecule has 0 bridgehead atoms. The number of carbonyl (C=O) groups excluding carboxylic acids is 1. The van der Waals surface area contributed by atoms with Crippen molar-refractivity contribution in [1.82, 2.24) is 14.3 Å². The van der Waals surface area contributed by atoms with Gasteiger partial charge in [0.2, 0.25) is 15.9 Å². The van der Waals surface area contributed by atoms with E-state index in [0.29, 0.717) is 44.2 Å². The highest BCUT2D eigenvalue weighted by molar-refractivity contribution is 7.89. The van der Waals surface area contributed by atoms with Crippen LogP contribution in [-0.2, 0) is 34.1 Å². The number of hydrogen-bond donors (Lipinski definition) is 1. The van der Waals surface area contributed by atoms with Crippen molar-refractivity contribution in [2.45, 2.75) is 44.4 Å². The zero-order valence-electron chi connectivity index (χ0n) is 22.8. The van der Waals surface area contributed by atoms with Crippen molar-refractivity contribution in [2.24, 2.45) is 5.92 Å². The molecule has 208 valence electrons. The highest BCUT2D eigenvalue weighted by atomic mass is 32.2. The average molecular weight is 576 g/mol.